The molecule has 1 aromatic carbocycles. The number of aromatic nitrogens is 2. The van der Waals surface area contributed by atoms with Gasteiger partial charge in [0.25, 0.3) is 5.91 Å². The average molecular weight is 334 g/mol. The van der Waals surface area contributed by atoms with Crippen LogP contribution in [0.25, 0.3) is 11.3 Å². The van der Waals surface area contributed by atoms with Crippen LogP contribution in [0.5, 0.6) is 0 Å². The lowest BCUT2D eigenvalue weighted by Crippen LogP contribution is -2.12. The first-order valence-electron chi connectivity index (χ1n) is 6.27. The molecular formula is C15H9ClFN3OS. The molecule has 3 aromatic rings. The molecule has 0 bridgehead atoms. The Bertz CT molecular complexity index is 837. The van der Waals surface area contributed by atoms with E-state index in [0.717, 1.165) is 11.6 Å². The van der Waals surface area contributed by atoms with Gasteiger partial charge < -0.3 is 0 Å². The molecule has 1 amide bonds. The van der Waals surface area contributed by atoms with Gasteiger partial charge in [-0.15, -0.1) is 11.3 Å². The molecule has 0 aliphatic rings. The summed E-state index contributed by atoms with van der Waals surface area (Å²) in [6.45, 7) is 0. The van der Waals surface area contributed by atoms with Crippen LogP contribution in [0.4, 0.5) is 9.52 Å². The highest BCUT2D eigenvalue weighted by Gasteiger charge is 2.12. The summed E-state index contributed by atoms with van der Waals surface area (Å²) in [5.41, 5.74) is 1.64. The van der Waals surface area contributed by atoms with Crippen molar-refractivity contribution in [2.45, 2.75) is 0 Å². The van der Waals surface area contributed by atoms with Crippen LogP contribution < -0.4 is 5.32 Å². The van der Waals surface area contributed by atoms with Gasteiger partial charge in [-0.25, -0.2) is 9.97 Å². The highest BCUT2D eigenvalue weighted by Crippen LogP contribution is 2.30. The van der Waals surface area contributed by atoms with E-state index in [4.69, 9.17) is 11.6 Å². The molecule has 7 heteroatoms. The molecule has 0 saturated heterocycles. The van der Waals surface area contributed by atoms with Gasteiger partial charge in [0.2, 0.25) is 5.95 Å². The quantitative estimate of drug-likeness (QED) is 0.729. The Balaban J connectivity index is 1.80. The molecule has 1 N–H and O–H groups in total. The van der Waals surface area contributed by atoms with Crippen LogP contribution in [0.15, 0.2) is 48.0 Å². The van der Waals surface area contributed by atoms with Gasteiger partial charge in [0.05, 0.1) is 5.69 Å². The molecule has 0 aliphatic heterocycles. The van der Waals surface area contributed by atoms with Crippen molar-refractivity contribution in [2.75, 3.05) is 5.32 Å². The maximum Gasteiger partial charge on any atom is 0.257 e. The number of halogens is 2. The molecule has 0 fully saturated rings. The number of carbonyl (C=O) groups excluding carboxylic acids is 1. The van der Waals surface area contributed by atoms with Crippen LogP contribution in [0.2, 0.25) is 5.02 Å². The van der Waals surface area contributed by atoms with E-state index in [0.29, 0.717) is 15.8 Å². The SMILES string of the molecule is O=C(Nc1nc(-c2ccccc2Cl)cs1)c1ccnc(F)c1. The summed E-state index contributed by atoms with van der Waals surface area (Å²) in [4.78, 5) is 19.7. The van der Waals surface area contributed by atoms with E-state index in [9.17, 15) is 9.18 Å². The number of nitrogens with one attached hydrogen (secondary N) is 1. The second-order valence-corrected chi connectivity index (χ2v) is 5.60. The van der Waals surface area contributed by atoms with Gasteiger partial charge in [-0.1, -0.05) is 29.8 Å². The fourth-order valence-electron chi connectivity index (χ4n) is 1.84. The number of nitrogens with zero attached hydrogens (tertiary/aromatic N) is 2. The first-order chi connectivity index (χ1) is 10.6. The molecule has 0 saturated carbocycles. The molecule has 22 heavy (non-hydrogen) atoms. The van der Waals surface area contributed by atoms with E-state index in [-0.39, 0.29) is 5.56 Å². The van der Waals surface area contributed by atoms with Gasteiger partial charge in [-0.3, -0.25) is 10.1 Å². The van der Waals surface area contributed by atoms with Crippen LogP contribution in [0.3, 0.4) is 0 Å². The zero-order chi connectivity index (χ0) is 15.5. The van der Waals surface area contributed by atoms with Crippen molar-refractivity contribution in [3.05, 3.63) is 64.5 Å². The highest BCUT2D eigenvalue weighted by molar-refractivity contribution is 7.14. The fourth-order valence-corrected chi connectivity index (χ4v) is 2.77. The molecule has 4 nitrogen and oxygen atoms in total. The predicted molar refractivity (Wildman–Crippen MR) is 84.7 cm³/mol. The van der Waals surface area contributed by atoms with Crippen molar-refractivity contribution in [3.63, 3.8) is 0 Å². The third-order valence-corrected chi connectivity index (χ3v) is 3.95. The van der Waals surface area contributed by atoms with E-state index in [1.54, 1.807) is 11.4 Å². The Labute approximate surface area is 134 Å². The van der Waals surface area contributed by atoms with Crippen LogP contribution in [-0.4, -0.2) is 15.9 Å². The number of thiazole rings is 1. The monoisotopic (exact) mass is 333 g/mol. The minimum absolute atomic E-state index is 0.182. The Hall–Kier alpha value is -2.31. The number of amides is 1. The molecule has 2 aromatic heterocycles. The van der Waals surface area contributed by atoms with Crippen LogP contribution in [0, 0.1) is 5.95 Å². The minimum Gasteiger partial charge on any atom is -0.298 e. The Morgan fingerprint density at radius 1 is 1.27 bits per heavy atom. The van der Waals surface area contributed by atoms with Gasteiger partial charge in [-0.2, -0.15) is 4.39 Å². The van der Waals surface area contributed by atoms with E-state index in [1.165, 1.54) is 23.6 Å². The normalized spacial score (nSPS) is 10.5. The molecule has 0 atom stereocenters. The average Bonchev–Trinajstić information content (AvgIpc) is 2.96. The smallest absolute Gasteiger partial charge is 0.257 e. The zero-order valence-corrected chi connectivity index (χ0v) is 12.7. The van der Waals surface area contributed by atoms with Gasteiger partial charge in [0.15, 0.2) is 5.13 Å². The molecule has 2 heterocycles. The Kier molecular flexibility index (Phi) is 4.13. The lowest BCUT2D eigenvalue weighted by atomic mass is 10.2. The molecule has 0 spiro atoms. The van der Waals surface area contributed by atoms with E-state index < -0.39 is 11.9 Å². The molecule has 0 unspecified atom stereocenters. The summed E-state index contributed by atoms with van der Waals surface area (Å²) >= 11 is 7.38. The van der Waals surface area contributed by atoms with Gasteiger partial charge in [-0.05, 0) is 12.1 Å². The minimum atomic E-state index is -0.705. The summed E-state index contributed by atoms with van der Waals surface area (Å²) < 4.78 is 13.0. The molecule has 110 valence electrons. The molecule has 0 radical (unpaired) electrons. The standard InChI is InChI=1S/C15H9ClFN3OS/c16-11-4-2-1-3-10(11)12-8-22-15(19-12)20-14(21)9-5-6-18-13(17)7-9/h1-8H,(H,19,20,21). The summed E-state index contributed by atoms with van der Waals surface area (Å²) in [5, 5.41) is 5.42. The number of hydrogen-bond acceptors (Lipinski definition) is 4. The predicted octanol–water partition coefficient (Wildman–Crippen LogP) is 4.25. The van der Waals surface area contributed by atoms with Crippen molar-refractivity contribution in [1.29, 1.82) is 0 Å². The van der Waals surface area contributed by atoms with Crippen LogP contribution in [-0.2, 0) is 0 Å². The fraction of sp³-hybridized carbons (Fsp3) is 0. The second-order valence-electron chi connectivity index (χ2n) is 4.34. The number of pyridine rings is 1. The number of carbonyl (C=O) groups is 1. The number of anilines is 1. The molecular weight excluding hydrogens is 325 g/mol. The topological polar surface area (TPSA) is 54.9 Å². The van der Waals surface area contributed by atoms with Crippen molar-refractivity contribution in [3.8, 4) is 11.3 Å². The Morgan fingerprint density at radius 3 is 2.86 bits per heavy atom. The zero-order valence-electron chi connectivity index (χ0n) is 11.1. The summed E-state index contributed by atoms with van der Waals surface area (Å²) in [7, 11) is 0. The van der Waals surface area contributed by atoms with Crippen molar-refractivity contribution < 1.29 is 9.18 Å². The molecule has 0 aliphatic carbocycles. The van der Waals surface area contributed by atoms with E-state index in [1.807, 2.05) is 18.2 Å². The van der Waals surface area contributed by atoms with E-state index in [2.05, 4.69) is 15.3 Å². The largest absolute Gasteiger partial charge is 0.298 e. The third kappa shape index (κ3) is 3.13. The number of rotatable bonds is 3. The maximum absolute atomic E-state index is 13.0. The third-order valence-electron chi connectivity index (χ3n) is 2.86. The summed E-state index contributed by atoms with van der Waals surface area (Å²) in [6, 6.07) is 9.81. The lowest BCUT2D eigenvalue weighted by Gasteiger charge is -2.01. The number of hydrogen-bond donors (Lipinski definition) is 1. The lowest BCUT2D eigenvalue weighted by molar-refractivity contribution is 0.102. The van der Waals surface area contributed by atoms with Crippen LogP contribution >= 0.6 is 22.9 Å². The highest BCUT2D eigenvalue weighted by atomic mass is 35.5. The Morgan fingerprint density at radius 2 is 2.09 bits per heavy atom. The second kappa shape index (κ2) is 6.21. The van der Waals surface area contributed by atoms with Crippen molar-refractivity contribution >= 4 is 34.0 Å². The van der Waals surface area contributed by atoms with Crippen molar-refractivity contribution in [2.24, 2.45) is 0 Å². The molecule has 3 rings (SSSR count). The summed E-state index contributed by atoms with van der Waals surface area (Å²) in [6.07, 6.45) is 1.24. The summed E-state index contributed by atoms with van der Waals surface area (Å²) in [5.74, 6) is -1.15. The first kappa shape index (κ1) is 14.6. The van der Waals surface area contributed by atoms with Crippen LogP contribution in [0.1, 0.15) is 10.4 Å². The van der Waals surface area contributed by atoms with Gasteiger partial charge in [0, 0.05) is 33.8 Å². The van der Waals surface area contributed by atoms with Gasteiger partial charge >= 0.3 is 0 Å². The van der Waals surface area contributed by atoms with Gasteiger partial charge in [0.1, 0.15) is 0 Å². The van der Waals surface area contributed by atoms with E-state index >= 15 is 0 Å². The maximum atomic E-state index is 13.0. The van der Waals surface area contributed by atoms with Crippen molar-refractivity contribution in [1.82, 2.24) is 9.97 Å². The first-order valence-corrected chi connectivity index (χ1v) is 7.52. The number of benzene rings is 1.